The van der Waals surface area contributed by atoms with Crippen molar-refractivity contribution in [1.29, 1.82) is 0 Å². The van der Waals surface area contributed by atoms with E-state index in [2.05, 4.69) is 0 Å². The van der Waals surface area contributed by atoms with E-state index >= 15 is 0 Å². The lowest BCUT2D eigenvalue weighted by Crippen LogP contribution is -2.36. The molecule has 0 nitrogen and oxygen atoms in total. The fourth-order valence-electron chi connectivity index (χ4n) is 0.553. The summed E-state index contributed by atoms with van der Waals surface area (Å²) in [6, 6.07) is 3.86. The smallest absolute Gasteiger partial charge is 0.151 e. The number of thiophene rings is 1. The quantitative estimate of drug-likeness (QED) is 0.417. The fourth-order valence-corrected chi connectivity index (χ4v) is 4.44. The summed E-state index contributed by atoms with van der Waals surface area (Å²) in [6.07, 6.45) is 0. The lowest BCUT2D eigenvalue weighted by Gasteiger charge is -2.08. The Morgan fingerprint density at radius 1 is 1.50 bits per heavy atom. The van der Waals surface area contributed by atoms with E-state index in [1.807, 2.05) is 17.5 Å². The summed E-state index contributed by atoms with van der Waals surface area (Å²) in [5, 5.41) is 1.95. The van der Waals surface area contributed by atoms with Gasteiger partial charge in [-0.1, -0.05) is 6.07 Å². The molecule has 0 fully saturated rings. The molecule has 0 radical (unpaired) electrons. The first-order valence-corrected chi connectivity index (χ1v) is 8.29. The standard InChI is InChI=1S/C5H5Cl3SSi/c6-4-10(7,8)5-2-1-3-9-5/h1-3H,4H2. The zero-order valence-electron chi connectivity index (χ0n) is 4.98. The first-order chi connectivity index (χ1) is 4.67. The van der Waals surface area contributed by atoms with Crippen LogP contribution in [0.15, 0.2) is 17.5 Å². The second-order valence-corrected chi connectivity index (χ2v) is 10.6. The lowest BCUT2D eigenvalue weighted by atomic mass is 10.7. The van der Waals surface area contributed by atoms with Crippen LogP contribution in [0.5, 0.6) is 0 Å². The zero-order valence-corrected chi connectivity index (χ0v) is 9.07. The van der Waals surface area contributed by atoms with Crippen LogP contribution in [-0.2, 0) is 0 Å². The summed E-state index contributed by atoms with van der Waals surface area (Å²) in [5.41, 5.74) is 0.358. The predicted molar refractivity (Wildman–Crippen MR) is 52.1 cm³/mol. The van der Waals surface area contributed by atoms with Gasteiger partial charge in [-0.25, -0.2) is 0 Å². The molecule has 1 aromatic heterocycles. The van der Waals surface area contributed by atoms with Gasteiger partial charge < -0.3 is 0 Å². The normalized spacial score (nSPS) is 11.9. The molecular weight excluding hydrogens is 227 g/mol. The van der Waals surface area contributed by atoms with E-state index in [1.54, 1.807) is 11.3 Å². The van der Waals surface area contributed by atoms with Crippen molar-refractivity contribution in [3.8, 4) is 0 Å². The van der Waals surface area contributed by atoms with Crippen molar-refractivity contribution in [1.82, 2.24) is 0 Å². The first kappa shape index (κ1) is 8.88. The molecular formula is C5H5Cl3SSi. The molecule has 0 aliphatic carbocycles. The maximum absolute atomic E-state index is 5.97. The fraction of sp³-hybridized carbons (Fsp3) is 0.200. The second-order valence-electron chi connectivity index (χ2n) is 1.82. The zero-order chi connectivity index (χ0) is 7.61. The summed E-state index contributed by atoms with van der Waals surface area (Å²) in [7, 11) is 0. The largest absolute Gasteiger partial charge is 0.304 e. The molecule has 56 valence electrons. The molecule has 10 heavy (non-hydrogen) atoms. The Morgan fingerprint density at radius 2 is 2.20 bits per heavy atom. The van der Waals surface area contributed by atoms with Crippen molar-refractivity contribution < 1.29 is 0 Å². The highest BCUT2D eigenvalue weighted by molar-refractivity contribution is 7.57. The molecule has 0 atom stereocenters. The van der Waals surface area contributed by atoms with Crippen LogP contribution >= 0.6 is 45.1 Å². The van der Waals surface area contributed by atoms with Gasteiger partial charge in [0.05, 0.1) is 0 Å². The Balaban J connectivity index is 2.85. The number of hydrogen-bond acceptors (Lipinski definition) is 1. The highest BCUT2D eigenvalue weighted by atomic mass is 35.7. The lowest BCUT2D eigenvalue weighted by molar-refractivity contribution is 2.01. The third kappa shape index (κ3) is 1.89. The molecule has 0 N–H and O–H groups in total. The van der Waals surface area contributed by atoms with Crippen molar-refractivity contribution in [3.63, 3.8) is 0 Å². The minimum absolute atomic E-state index is 0.358. The molecule has 1 heterocycles. The Hall–Kier alpha value is 0.787. The van der Waals surface area contributed by atoms with Gasteiger partial charge in [0.1, 0.15) is 0 Å². The van der Waals surface area contributed by atoms with E-state index in [0.717, 1.165) is 4.50 Å². The van der Waals surface area contributed by atoms with E-state index in [1.165, 1.54) is 0 Å². The summed E-state index contributed by atoms with van der Waals surface area (Å²) in [4.78, 5) is 0. The summed E-state index contributed by atoms with van der Waals surface area (Å²) in [6.45, 7) is -2.27. The van der Waals surface area contributed by atoms with Crippen molar-refractivity contribution in [2.45, 2.75) is 0 Å². The molecule has 0 saturated carbocycles. The minimum atomic E-state index is -2.27. The number of alkyl halides is 1. The third-order valence-electron chi connectivity index (χ3n) is 1.05. The van der Waals surface area contributed by atoms with Gasteiger partial charge in [-0.2, -0.15) is 11.3 Å². The van der Waals surface area contributed by atoms with Crippen LogP contribution in [0.2, 0.25) is 0 Å². The van der Waals surface area contributed by atoms with Crippen LogP contribution in [-0.4, -0.2) is 12.2 Å². The van der Waals surface area contributed by atoms with Crippen molar-refractivity contribution in [2.24, 2.45) is 0 Å². The highest BCUT2D eigenvalue weighted by Crippen LogP contribution is 2.18. The molecule has 0 bridgehead atoms. The Morgan fingerprint density at radius 3 is 2.60 bits per heavy atom. The van der Waals surface area contributed by atoms with Gasteiger partial charge in [0.25, 0.3) is 0 Å². The van der Waals surface area contributed by atoms with Gasteiger partial charge in [0.2, 0.25) is 0 Å². The molecule has 0 aliphatic heterocycles. The van der Waals surface area contributed by atoms with Crippen molar-refractivity contribution in [2.75, 3.05) is 5.50 Å². The highest BCUT2D eigenvalue weighted by Gasteiger charge is 2.30. The van der Waals surface area contributed by atoms with Gasteiger partial charge in [-0.15, -0.1) is 33.8 Å². The Labute approximate surface area is 79.1 Å². The summed E-state index contributed by atoms with van der Waals surface area (Å²) >= 11 is 19.1. The van der Waals surface area contributed by atoms with E-state index in [9.17, 15) is 0 Å². The van der Waals surface area contributed by atoms with E-state index in [0.29, 0.717) is 5.50 Å². The maximum Gasteiger partial charge on any atom is 0.304 e. The van der Waals surface area contributed by atoms with Gasteiger partial charge in [-0.05, 0) is 11.4 Å². The van der Waals surface area contributed by atoms with Gasteiger partial charge in [0.15, 0.2) is 0 Å². The Kier molecular flexibility index (Phi) is 3.07. The first-order valence-electron chi connectivity index (χ1n) is 2.64. The number of halogens is 3. The number of rotatable bonds is 2. The van der Waals surface area contributed by atoms with Crippen LogP contribution in [0.25, 0.3) is 0 Å². The van der Waals surface area contributed by atoms with Crippen LogP contribution < -0.4 is 4.50 Å². The predicted octanol–water partition coefficient (Wildman–Crippen LogP) is 2.65. The van der Waals surface area contributed by atoms with Crippen LogP contribution in [0.3, 0.4) is 0 Å². The monoisotopic (exact) mass is 230 g/mol. The maximum atomic E-state index is 5.97. The van der Waals surface area contributed by atoms with Crippen molar-refractivity contribution in [3.05, 3.63) is 17.5 Å². The van der Waals surface area contributed by atoms with Gasteiger partial charge in [-0.3, -0.25) is 0 Å². The molecule has 1 aromatic rings. The number of hydrogen-bond donors (Lipinski definition) is 0. The van der Waals surface area contributed by atoms with Gasteiger partial charge >= 0.3 is 6.69 Å². The molecule has 0 unspecified atom stereocenters. The summed E-state index contributed by atoms with van der Waals surface area (Å²) < 4.78 is 1.03. The van der Waals surface area contributed by atoms with Crippen molar-refractivity contribution >= 4 is 56.3 Å². The molecule has 5 heteroatoms. The molecule has 0 aliphatic rings. The topological polar surface area (TPSA) is 0 Å². The molecule has 0 aromatic carbocycles. The molecule has 0 spiro atoms. The van der Waals surface area contributed by atoms with E-state index in [4.69, 9.17) is 33.8 Å². The molecule has 0 saturated heterocycles. The molecule has 1 rings (SSSR count). The Bertz CT molecular complexity index is 197. The van der Waals surface area contributed by atoms with E-state index < -0.39 is 6.69 Å². The SMILES string of the molecule is ClC[Si](Cl)(Cl)c1cccs1. The average molecular weight is 232 g/mol. The van der Waals surface area contributed by atoms with Gasteiger partial charge in [0, 0.05) is 10.0 Å². The third-order valence-corrected chi connectivity index (χ3v) is 9.07. The second kappa shape index (κ2) is 3.46. The summed E-state index contributed by atoms with van der Waals surface area (Å²) in [5.74, 6) is 0. The van der Waals surface area contributed by atoms with Crippen LogP contribution in [0, 0.1) is 0 Å². The van der Waals surface area contributed by atoms with E-state index in [-0.39, 0.29) is 0 Å². The molecule has 0 amide bonds. The average Bonchev–Trinajstić information content (AvgIpc) is 2.38. The van der Waals surface area contributed by atoms with Crippen LogP contribution in [0.4, 0.5) is 0 Å². The van der Waals surface area contributed by atoms with Crippen LogP contribution in [0.1, 0.15) is 0 Å². The minimum Gasteiger partial charge on any atom is -0.151 e.